The molecule has 0 spiro atoms. The van der Waals surface area contributed by atoms with E-state index in [4.69, 9.17) is 0 Å². The number of likely N-dealkylation sites (tertiary alicyclic amines) is 1. The average Bonchev–Trinajstić information content (AvgIpc) is 2.88. The number of rotatable bonds is 5. The molecule has 1 aromatic rings. The van der Waals surface area contributed by atoms with E-state index in [-0.39, 0.29) is 18.6 Å². The highest BCUT2D eigenvalue weighted by molar-refractivity contribution is 7.14. The predicted octanol–water partition coefficient (Wildman–Crippen LogP) is 1.86. The van der Waals surface area contributed by atoms with E-state index >= 15 is 0 Å². The Morgan fingerprint density at radius 2 is 2.40 bits per heavy atom. The predicted molar refractivity (Wildman–Crippen MR) is 80.9 cm³/mol. The van der Waals surface area contributed by atoms with Crippen LogP contribution in [0, 0.1) is 0 Å². The first-order valence-electron chi connectivity index (χ1n) is 7.23. The fraction of sp³-hybridized carbons (Fsp3) is 0.714. The Balaban J connectivity index is 2.03. The molecule has 0 saturated carbocycles. The monoisotopic (exact) mass is 297 g/mol. The van der Waals surface area contributed by atoms with E-state index < -0.39 is 0 Å². The second kappa shape index (κ2) is 7.15. The lowest BCUT2D eigenvalue weighted by Crippen LogP contribution is -2.41. The maximum absolute atomic E-state index is 11.5. The summed E-state index contributed by atoms with van der Waals surface area (Å²) < 4.78 is 0. The number of anilines is 1. The highest BCUT2D eigenvalue weighted by atomic mass is 32.1. The largest absolute Gasteiger partial charge is 0.395 e. The quantitative estimate of drug-likeness (QED) is 0.901. The SMILES string of the molecule is CCN(C(C)=O)c1nc(CN2CCCCC2CO)cs1. The molecule has 1 saturated heterocycles. The molecule has 1 N–H and O–H groups in total. The number of thiazole rings is 1. The van der Waals surface area contributed by atoms with Gasteiger partial charge in [0.15, 0.2) is 5.13 Å². The molecule has 1 aliphatic rings. The number of piperidine rings is 1. The first-order valence-corrected chi connectivity index (χ1v) is 8.11. The lowest BCUT2D eigenvalue weighted by atomic mass is 10.0. The third-order valence-corrected chi connectivity index (χ3v) is 4.70. The van der Waals surface area contributed by atoms with Crippen LogP contribution in [0.15, 0.2) is 5.38 Å². The molecule has 0 bridgehead atoms. The first kappa shape index (κ1) is 15.4. The van der Waals surface area contributed by atoms with Crippen LogP contribution in [0.3, 0.4) is 0 Å². The average molecular weight is 297 g/mol. The van der Waals surface area contributed by atoms with E-state index in [0.29, 0.717) is 6.54 Å². The van der Waals surface area contributed by atoms with Crippen molar-refractivity contribution >= 4 is 22.4 Å². The molecule has 1 fully saturated rings. The fourth-order valence-corrected chi connectivity index (χ4v) is 3.59. The van der Waals surface area contributed by atoms with E-state index in [1.54, 1.807) is 11.8 Å². The number of carbonyl (C=O) groups excluding carboxylic acids is 1. The summed E-state index contributed by atoms with van der Waals surface area (Å²) in [6, 6.07) is 0.254. The van der Waals surface area contributed by atoms with Crippen LogP contribution < -0.4 is 4.90 Å². The number of nitrogens with zero attached hydrogens (tertiary/aromatic N) is 3. The smallest absolute Gasteiger partial charge is 0.225 e. The summed E-state index contributed by atoms with van der Waals surface area (Å²) in [6.45, 7) is 6.15. The van der Waals surface area contributed by atoms with Crippen molar-refractivity contribution in [2.75, 3.05) is 24.6 Å². The summed E-state index contributed by atoms with van der Waals surface area (Å²) in [6.07, 6.45) is 3.43. The number of hydrogen-bond acceptors (Lipinski definition) is 5. The molecular formula is C14H23N3O2S. The Bertz CT molecular complexity index is 449. The first-order chi connectivity index (χ1) is 9.65. The minimum Gasteiger partial charge on any atom is -0.395 e. The Morgan fingerprint density at radius 3 is 3.05 bits per heavy atom. The molecule has 0 aromatic carbocycles. The molecule has 1 amide bonds. The van der Waals surface area contributed by atoms with Crippen LogP contribution in [0.4, 0.5) is 5.13 Å². The number of amides is 1. The van der Waals surface area contributed by atoms with Crippen molar-refractivity contribution in [3.63, 3.8) is 0 Å². The van der Waals surface area contributed by atoms with Gasteiger partial charge in [-0.15, -0.1) is 11.3 Å². The van der Waals surface area contributed by atoms with Gasteiger partial charge in [-0.25, -0.2) is 4.98 Å². The van der Waals surface area contributed by atoms with Gasteiger partial charge in [-0.1, -0.05) is 6.42 Å². The molecule has 0 radical (unpaired) electrons. The second-order valence-corrected chi connectivity index (χ2v) is 6.02. The number of carbonyl (C=O) groups is 1. The summed E-state index contributed by atoms with van der Waals surface area (Å²) in [5, 5.41) is 12.2. The highest BCUT2D eigenvalue weighted by Gasteiger charge is 2.23. The number of hydrogen-bond donors (Lipinski definition) is 1. The minimum absolute atomic E-state index is 0.0274. The second-order valence-electron chi connectivity index (χ2n) is 5.19. The number of aliphatic hydroxyl groups is 1. The Morgan fingerprint density at radius 1 is 1.60 bits per heavy atom. The van der Waals surface area contributed by atoms with Gasteiger partial charge in [0.05, 0.1) is 12.3 Å². The zero-order chi connectivity index (χ0) is 14.5. The van der Waals surface area contributed by atoms with Crippen molar-refractivity contribution in [2.24, 2.45) is 0 Å². The lowest BCUT2D eigenvalue weighted by molar-refractivity contribution is -0.116. The van der Waals surface area contributed by atoms with E-state index in [2.05, 4.69) is 9.88 Å². The van der Waals surface area contributed by atoms with Gasteiger partial charge in [0.1, 0.15) is 0 Å². The molecule has 112 valence electrons. The van der Waals surface area contributed by atoms with Crippen molar-refractivity contribution < 1.29 is 9.90 Å². The molecule has 1 aliphatic heterocycles. The van der Waals surface area contributed by atoms with E-state index in [1.165, 1.54) is 24.2 Å². The van der Waals surface area contributed by atoms with Gasteiger partial charge in [0, 0.05) is 31.4 Å². The van der Waals surface area contributed by atoms with Crippen molar-refractivity contribution in [1.29, 1.82) is 0 Å². The normalized spacial score (nSPS) is 20.1. The summed E-state index contributed by atoms with van der Waals surface area (Å²) in [7, 11) is 0. The van der Waals surface area contributed by atoms with Crippen LogP contribution in [-0.2, 0) is 11.3 Å². The molecule has 20 heavy (non-hydrogen) atoms. The maximum atomic E-state index is 11.5. The summed E-state index contributed by atoms with van der Waals surface area (Å²) in [4.78, 5) is 20.1. The molecule has 6 heteroatoms. The van der Waals surface area contributed by atoms with Crippen LogP contribution in [-0.4, -0.2) is 46.6 Å². The van der Waals surface area contributed by atoms with Crippen LogP contribution in [0.1, 0.15) is 38.8 Å². The molecule has 1 aromatic heterocycles. The van der Waals surface area contributed by atoms with Gasteiger partial charge >= 0.3 is 0 Å². The zero-order valence-electron chi connectivity index (χ0n) is 12.2. The van der Waals surface area contributed by atoms with E-state index in [1.807, 2.05) is 12.3 Å². The third kappa shape index (κ3) is 3.56. The van der Waals surface area contributed by atoms with Gasteiger partial charge in [-0.2, -0.15) is 0 Å². The number of aliphatic hydroxyl groups excluding tert-OH is 1. The van der Waals surface area contributed by atoms with Crippen LogP contribution in [0.25, 0.3) is 0 Å². The van der Waals surface area contributed by atoms with Crippen molar-refractivity contribution in [1.82, 2.24) is 9.88 Å². The summed E-state index contributed by atoms with van der Waals surface area (Å²) in [5.74, 6) is 0.0274. The van der Waals surface area contributed by atoms with Gasteiger partial charge in [0.2, 0.25) is 5.91 Å². The van der Waals surface area contributed by atoms with Crippen molar-refractivity contribution in [3.8, 4) is 0 Å². The molecule has 2 heterocycles. The maximum Gasteiger partial charge on any atom is 0.225 e. The van der Waals surface area contributed by atoms with Gasteiger partial charge in [-0.05, 0) is 26.3 Å². The highest BCUT2D eigenvalue weighted by Crippen LogP contribution is 2.24. The Kier molecular flexibility index (Phi) is 5.51. The molecular weight excluding hydrogens is 274 g/mol. The zero-order valence-corrected chi connectivity index (χ0v) is 13.0. The number of aromatic nitrogens is 1. The third-order valence-electron chi connectivity index (χ3n) is 3.79. The fourth-order valence-electron chi connectivity index (χ4n) is 2.67. The van der Waals surface area contributed by atoms with E-state index in [9.17, 15) is 9.90 Å². The van der Waals surface area contributed by atoms with Crippen molar-refractivity contribution in [3.05, 3.63) is 11.1 Å². The van der Waals surface area contributed by atoms with Crippen LogP contribution >= 0.6 is 11.3 Å². The Hall–Kier alpha value is -0.980. The molecule has 2 rings (SSSR count). The Labute approximate surface area is 124 Å². The molecule has 0 aliphatic carbocycles. The van der Waals surface area contributed by atoms with Crippen LogP contribution in [0.2, 0.25) is 0 Å². The van der Waals surface area contributed by atoms with Crippen LogP contribution in [0.5, 0.6) is 0 Å². The molecule has 1 unspecified atom stereocenters. The summed E-state index contributed by atoms with van der Waals surface area (Å²) in [5.41, 5.74) is 0.991. The topological polar surface area (TPSA) is 56.7 Å². The van der Waals surface area contributed by atoms with Gasteiger partial charge < -0.3 is 5.11 Å². The van der Waals surface area contributed by atoms with Crippen molar-refractivity contribution in [2.45, 2.75) is 45.7 Å². The minimum atomic E-state index is 0.0274. The molecule has 5 nitrogen and oxygen atoms in total. The molecule has 1 atom stereocenters. The van der Waals surface area contributed by atoms with Gasteiger partial charge in [0.25, 0.3) is 0 Å². The van der Waals surface area contributed by atoms with E-state index in [0.717, 1.165) is 30.3 Å². The standard InChI is InChI=1S/C14H23N3O2S/c1-3-17(11(2)19)14-15-12(10-20-14)8-16-7-5-4-6-13(16)9-18/h10,13,18H,3-9H2,1-2H3. The lowest BCUT2D eigenvalue weighted by Gasteiger charge is -2.33. The summed E-state index contributed by atoms with van der Waals surface area (Å²) >= 11 is 1.51. The van der Waals surface area contributed by atoms with Gasteiger partial charge in [-0.3, -0.25) is 14.6 Å².